The van der Waals surface area contributed by atoms with Crippen LogP contribution < -0.4 is 4.74 Å². The van der Waals surface area contributed by atoms with Crippen LogP contribution in [0.3, 0.4) is 0 Å². The Morgan fingerprint density at radius 2 is 1.85 bits per heavy atom. The quantitative estimate of drug-likeness (QED) is 0.825. The van der Waals surface area contributed by atoms with Crippen molar-refractivity contribution < 1.29 is 28.1 Å². The molecule has 5 nitrogen and oxygen atoms in total. The van der Waals surface area contributed by atoms with E-state index in [0.717, 1.165) is 6.07 Å². The van der Waals surface area contributed by atoms with Crippen molar-refractivity contribution in [2.75, 3.05) is 6.61 Å². The summed E-state index contributed by atoms with van der Waals surface area (Å²) in [4.78, 5) is 8.12. The smallest absolute Gasteiger partial charge is 0.417 e. The molecule has 1 atom stereocenters. The number of aliphatic hydroxyl groups is 2. The Hall–Kier alpha value is -2.19. The highest BCUT2D eigenvalue weighted by atomic mass is 19.4. The highest BCUT2D eigenvalue weighted by Gasteiger charge is 2.38. The van der Waals surface area contributed by atoms with Gasteiger partial charge in [-0.3, -0.25) is 0 Å². The minimum absolute atomic E-state index is 0.0527. The van der Waals surface area contributed by atoms with Gasteiger partial charge in [-0.2, -0.15) is 13.2 Å². The lowest BCUT2D eigenvalue weighted by Gasteiger charge is -2.18. The van der Waals surface area contributed by atoms with Crippen molar-refractivity contribution in [1.82, 2.24) is 9.97 Å². The summed E-state index contributed by atoms with van der Waals surface area (Å²) in [5.41, 5.74) is -0.848. The van der Waals surface area contributed by atoms with E-state index in [4.69, 9.17) is 4.74 Å². The van der Waals surface area contributed by atoms with E-state index in [1.807, 2.05) is 0 Å². The highest BCUT2D eigenvalue weighted by molar-refractivity contribution is 5.69. The van der Waals surface area contributed by atoms with Crippen molar-refractivity contribution in [3.63, 3.8) is 0 Å². The lowest BCUT2D eigenvalue weighted by molar-refractivity contribution is -0.137. The number of aliphatic hydroxyl groups excluding tert-OH is 1. The molecule has 0 fully saturated rings. The van der Waals surface area contributed by atoms with E-state index in [0.29, 0.717) is 36.1 Å². The Bertz CT molecular complexity index is 815. The third-order valence-corrected chi connectivity index (χ3v) is 4.52. The normalized spacial score (nSPS) is 17.1. The number of alkyl halides is 3. The average Bonchev–Trinajstić information content (AvgIpc) is 2.94. The molecule has 1 aliphatic rings. The van der Waals surface area contributed by atoms with Gasteiger partial charge in [0.2, 0.25) is 0 Å². The fraction of sp³-hybridized carbons (Fsp3) is 0.474. The maximum atomic E-state index is 13.5. The van der Waals surface area contributed by atoms with Crippen LogP contribution in [0.1, 0.15) is 49.5 Å². The van der Waals surface area contributed by atoms with Crippen LogP contribution in [0.4, 0.5) is 13.2 Å². The van der Waals surface area contributed by atoms with E-state index in [-0.39, 0.29) is 18.0 Å². The van der Waals surface area contributed by atoms with Crippen LogP contribution in [0.15, 0.2) is 24.5 Å². The predicted molar refractivity (Wildman–Crippen MR) is 92.2 cm³/mol. The largest absolute Gasteiger partial charge is 0.490 e. The Balaban J connectivity index is 1.92. The molecular weight excluding hydrogens is 361 g/mol. The number of hydrogen-bond acceptors (Lipinski definition) is 5. The summed E-state index contributed by atoms with van der Waals surface area (Å²) in [7, 11) is 0. The molecule has 0 aliphatic heterocycles. The van der Waals surface area contributed by atoms with Crippen LogP contribution in [0, 0.1) is 0 Å². The molecule has 0 saturated carbocycles. The molecular formula is C19H21F3N2O3. The van der Waals surface area contributed by atoms with Crippen molar-refractivity contribution >= 4 is 0 Å². The molecule has 146 valence electrons. The first-order chi connectivity index (χ1) is 12.6. The minimum atomic E-state index is -4.55. The van der Waals surface area contributed by atoms with Crippen LogP contribution in [0.2, 0.25) is 0 Å². The molecule has 1 aromatic heterocycles. The molecule has 8 heteroatoms. The zero-order valence-corrected chi connectivity index (χ0v) is 15.0. The number of nitrogens with zero attached hydrogens (tertiary/aromatic N) is 2. The SMILES string of the molecule is CC(C)(O)CCOc1cnc(-c2c(C(F)(F)F)ccc3c2CC[C@@H]3O)nc1. The predicted octanol–water partition coefficient (Wildman–Crippen LogP) is 3.68. The van der Waals surface area contributed by atoms with Crippen molar-refractivity contribution in [1.29, 1.82) is 0 Å². The lowest BCUT2D eigenvalue weighted by atomic mass is 9.96. The standard InChI is InChI=1S/C19H21F3N2O3/c1-18(2,26)7-8-27-11-9-23-17(24-10-11)16-13-4-6-15(25)12(13)3-5-14(16)19(20,21)22/h3,5,9-10,15,25-26H,4,6-8H2,1-2H3/t15-/m0/s1. The number of benzene rings is 1. The molecule has 0 radical (unpaired) electrons. The second-order valence-corrected chi connectivity index (χ2v) is 7.26. The molecule has 1 aliphatic carbocycles. The van der Waals surface area contributed by atoms with E-state index < -0.39 is 23.4 Å². The maximum Gasteiger partial charge on any atom is 0.417 e. The van der Waals surface area contributed by atoms with Gasteiger partial charge in [0.15, 0.2) is 11.6 Å². The summed E-state index contributed by atoms with van der Waals surface area (Å²) in [6.07, 6.45) is -1.59. The average molecular weight is 382 g/mol. The van der Waals surface area contributed by atoms with Gasteiger partial charge >= 0.3 is 6.18 Å². The molecule has 0 unspecified atom stereocenters. The third-order valence-electron chi connectivity index (χ3n) is 4.52. The van der Waals surface area contributed by atoms with E-state index in [9.17, 15) is 23.4 Å². The third kappa shape index (κ3) is 4.39. The molecule has 0 amide bonds. The first-order valence-electron chi connectivity index (χ1n) is 8.65. The summed E-state index contributed by atoms with van der Waals surface area (Å²) in [5.74, 6) is 0.257. The minimum Gasteiger partial charge on any atom is -0.490 e. The van der Waals surface area contributed by atoms with Gasteiger partial charge in [0.1, 0.15) is 0 Å². The van der Waals surface area contributed by atoms with Gasteiger partial charge < -0.3 is 14.9 Å². The van der Waals surface area contributed by atoms with Gasteiger partial charge in [-0.15, -0.1) is 0 Å². The highest BCUT2D eigenvalue weighted by Crippen LogP contribution is 2.44. The monoisotopic (exact) mass is 382 g/mol. The molecule has 27 heavy (non-hydrogen) atoms. The molecule has 1 aromatic carbocycles. The summed E-state index contributed by atoms with van der Waals surface area (Å²) >= 11 is 0. The summed E-state index contributed by atoms with van der Waals surface area (Å²) in [6.45, 7) is 3.53. The van der Waals surface area contributed by atoms with Crippen LogP contribution in [-0.2, 0) is 12.6 Å². The second kappa shape index (κ2) is 7.09. The van der Waals surface area contributed by atoms with Crippen LogP contribution >= 0.6 is 0 Å². The van der Waals surface area contributed by atoms with Gasteiger partial charge in [0, 0.05) is 12.0 Å². The van der Waals surface area contributed by atoms with E-state index in [1.54, 1.807) is 13.8 Å². The van der Waals surface area contributed by atoms with Gasteiger partial charge in [-0.05, 0) is 43.9 Å². The molecule has 2 aromatic rings. The first-order valence-corrected chi connectivity index (χ1v) is 8.65. The number of fused-ring (bicyclic) bond motifs is 1. The van der Waals surface area contributed by atoms with Gasteiger partial charge in [-0.25, -0.2) is 9.97 Å². The molecule has 0 spiro atoms. The summed E-state index contributed by atoms with van der Waals surface area (Å²) in [5, 5.41) is 19.7. The van der Waals surface area contributed by atoms with Gasteiger partial charge in [0.05, 0.1) is 36.3 Å². The van der Waals surface area contributed by atoms with Crippen molar-refractivity contribution in [3.05, 3.63) is 41.2 Å². The van der Waals surface area contributed by atoms with E-state index >= 15 is 0 Å². The van der Waals surface area contributed by atoms with Crippen molar-refractivity contribution in [3.8, 4) is 17.1 Å². The van der Waals surface area contributed by atoms with Gasteiger partial charge in [0.25, 0.3) is 0 Å². The molecule has 2 N–H and O–H groups in total. The fourth-order valence-corrected chi connectivity index (χ4v) is 3.11. The maximum absolute atomic E-state index is 13.5. The summed E-state index contributed by atoms with van der Waals surface area (Å²) in [6, 6.07) is 2.30. The number of hydrogen-bond donors (Lipinski definition) is 2. The molecule has 1 heterocycles. The van der Waals surface area contributed by atoms with Crippen molar-refractivity contribution in [2.24, 2.45) is 0 Å². The lowest BCUT2D eigenvalue weighted by Crippen LogP contribution is -2.21. The number of rotatable bonds is 5. The van der Waals surface area contributed by atoms with E-state index in [1.165, 1.54) is 18.5 Å². The zero-order chi connectivity index (χ0) is 19.8. The number of ether oxygens (including phenoxy) is 1. The van der Waals surface area contributed by atoms with Crippen LogP contribution in [0.5, 0.6) is 5.75 Å². The Morgan fingerprint density at radius 1 is 1.19 bits per heavy atom. The Kier molecular flexibility index (Phi) is 5.14. The van der Waals surface area contributed by atoms with E-state index in [2.05, 4.69) is 9.97 Å². The Labute approximate surface area is 154 Å². The Morgan fingerprint density at radius 3 is 2.44 bits per heavy atom. The van der Waals surface area contributed by atoms with Crippen LogP contribution in [-0.4, -0.2) is 32.4 Å². The van der Waals surface area contributed by atoms with Gasteiger partial charge in [-0.1, -0.05) is 6.07 Å². The molecule has 3 rings (SSSR count). The zero-order valence-electron chi connectivity index (χ0n) is 15.0. The topological polar surface area (TPSA) is 75.5 Å². The fourth-order valence-electron chi connectivity index (χ4n) is 3.11. The number of halogens is 3. The number of aromatic nitrogens is 2. The van der Waals surface area contributed by atoms with Crippen molar-refractivity contribution in [2.45, 2.75) is 51.0 Å². The molecule has 0 saturated heterocycles. The van der Waals surface area contributed by atoms with Crippen LogP contribution in [0.25, 0.3) is 11.4 Å². The second-order valence-electron chi connectivity index (χ2n) is 7.26. The first kappa shape index (κ1) is 19.6. The summed E-state index contributed by atoms with van der Waals surface area (Å²) < 4.78 is 45.9. The molecule has 0 bridgehead atoms.